The highest BCUT2D eigenvalue weighted by atomic mass is 35.5. The van der Waals surface area contributed by atoms with Gasteiger partial charge < -0.3 is 14.8 Å². The first-order chi connectivity index (χ1) is 11.2. The number of nitrogens with one attached hydrogen (secondary N) is 1. The Hall–Kier alpha value is -1.56. The first-order valence-corrected chi connectivity index (χ1v) is 8.18. The largest absolute Gasteiger partial charge is 0.495 e. The van der Waals surface area contributed by atoms with Crippen LogP contribution in [0.4, 0.5) is 0 Å². The van der Waals surface area contributed by atoms with E-state index >= 15 is 0 Å². The van der Waals surface area contributed by atoms with Gasteiger partial charge in [-0.1, -0.05) is 17.7 Å². The van der Waals surface area contributed by atoms with Crippen LogP contribution in [0.25, 0.3) is 0 Å². The molecule has 0 spiro atoms. The summed E-state index contributed by atoms with van der Waals surface area (Å²) < 4.78 is 12.9. The minimum atomic E-state index is 0.135. The van der Waals surface area contributed by atoms with Gasteiger partial charge in [0.2, 0.25) is 0 Å². The number of hydrogen-bond donors (Lipinski definition) is 1. The third kappa shape index (κ3) is 3.86. The van der Waals surface area contributed by atoms with Crippen molar-refractivity contribution in [3.05, 3.63) is 46.7 Å². The standard InChI is InChI=1S/C17H22ClN3O2/c1-21-11-14(10-20-21)17-13(5-6-23-17)9-19-8-12-3-4-16(22-2)15(18)7-12/h3-4,7,10-11,13,17,19H,5-6,8-9H2,1-2H3/t13-,17+/m0/s1. The summed E-state index contributed by atoms with van der Waals surface area (Å²) in [4.78, 5) is 0. The van der Waals surface area contributed by atoms with Crippen LogP contribution in [0, 0.1) is 5.92 Å². The van der Waals surface area contributed by atoms with Crippen molar-refractivity contribution in [2.45, 2.75) is 19.1 Å². The van der Waals surface area contributed by atoms with Crippen LogP contribution in [0.2, 0.25) is 5.02 Å². The number of ether oxygens (including phenoxy) is 2. The summed E-state index contributed by atoms with van der Waals surface area (Å²) in [6.07, 6.45) is 5.13. The third-order valence-corrected chi connectivity index (χ3v) is 4.51. The molecular formula is C17H22ClN3O2. The van der Waals surface area contributed by atoms with Crippen molar-refractivity contribution in [1.82, 2.24) is 15.1 Å². The molecule has 1 aromatic heterocycles. The number of aryl methyl sites for hydroxylation is 1. The zero-order valence-corrected chi connectivity index (χ0v) is 14.2. The maximum absolute atomic E-state index is 6.16. The Morgan fingerprint density at radius 1 is 1.48 bits per heavy atom. The van der Waals surface area contributed by atoms with Gasteiger partial charge in [0, 0.05) is 44.4 Å². The average molecular weight is 336 g/mol. The SMILES string of the molecule is COc1ccc(CNC[C@@H]2CCO[C@H]2c2cnn(C)c2)cc1Cl. The van der Waals surface area contributed by atoms with Crippen molar-refractivity contribution in [3.63, 3.8) is 0 Å². The molecule has 0 saturated carbocycles. The third-order valence-electron chi connectivity index (χ3n) is 4.22. The maximum atomic E-state index is 6.16. The minimum Gasteiger partial charge on any atom is -0.495 e. The van der Waals surface area contributed by atoms with Crippen LogP contribution in [0.1, 0.15) is 23.7 Å². The smallest absolute Gasteiger partial charge is 0.137 e. The molecule has 1 aliphatic heterocycles. The summed E-state index contributed by atoms with van der Waals surface area (Å²) in [5.74, 6) is 1.17. The first-order valence-electron chi connectivity index (χ1n) is 7.80. The number of methoxy groups -OCH3 is 1. The van der Waals surface area contributed by atoms with Gasteiger partial charge in [-0.3, -0.25) is 4.68 Å². The molecule has 1 fully saturated rings. The van der Waals surface area contributed by atoms with Gasteiger partial charge in [0.1, 0.15) is 5.75 Å². The first kappa shape index (κ1) is 16.3. The summed E-state index contributed by atoms with van der Waals surface area (Å²) in [7, 11) is 3.55. The van der Waals surface area contributed by atoms with Crippen molar-refractivity contribution in [3.8, 4) is 5.75 Å². The molecule has 0 amide bonds. The van der Waals surface area contributed by atoms with E-state index in [4.69, 9.17) is 21.1 Å². The molecule has 0 bridgehead atoms. The lowest BCUT2D eigenvalue weighted by molar-refractivity contribution is 0.0904. The predicted octanol–water partition coefficient (Wildman–Crippen LogP) is 2.95. The molecular weight excluding hydrogens is 314 g/mol. The van der Waals surface area contributed by atoms with Crippen molar-refractivity contribution >= 4 is 11.6 Å². The van der Waals surface area contributed by atoms with Gasteiger partial charge in [-0.05, 0) is 24.1 Å². The Balaban J connectivity index is 1.54. The van der Waals surface area contributed by atoms with Gasteiger partial charge in [-0.25, -0.2) is 0 Å². The van der Waals surface area contributed by atoms with Gasteiger partial charge >= 0.3 is 0 Å². The average Bonchev–Trinajstić information content (AvgIpc) is 3.16. The molecule has 2 aromatic rings. The highest BCUT2D eigenvalue weighted by Gasteiger charge is 2.30. The van der Waals surface area contributed by atoms with E-state index in [1.807, 2.05) is 42.3 Å². The molecule has 1 aromatic carbocycles. The monoisotopic (exact) mass is 335 g/mol. The Morgan fingerprint density at radius 3 is 3.04 bits per heavy atom. The number of benzene rings is 1. The summed E-state index contributed by atoms with van der Waals surface area (Å²) in [5.41, 5.74) is 2.30. The number of hydrogen-bond acceptors (Lipinski definition) is 4. The lowest BCUT2D eigenvalue weighted by Gasteiger charge is -2.18. The fourth-order valence-electron chi connectivity index (χ4n) is 3.02. The molecule has 23 heavy (non-hydrogen) atoms. The second kappa shape index (κ2) is 7.34. The Labute approximate surface area is 141 Å². The Morgan fingerprint density at radius 2 is 2.35 bits per heavy atom. The fraction of sp³-hybridized carbons (Fsp3) is 0.471. The highest BCUT2D eigenvalue weighted by molar-refractivity contribution is 6.32. The van der Waals surface area contributed by atoms with Crippen LogP contribution >= 0.6 is 11.6 Å². The molecule has 1 aliphatic rings. The van der Waals surface area contributed by atoms with Crippen molar-refractivity contribution in [1.29, 1.82) is 0 Å². The lowest BCUT2D eigenvalue weighted by Crippen LogP contribution is -2.24. The van der Waals surface area contributed by atoms with E-state index in [9.17, 15) is 0 Å². The minimum absolute atomic E-state index is 0.135. The summed E-state index contributed by atoms with van der Waals surface area (Å²) in [6, 6.07) is 5.87. The molecule has 1 N–H and O–H groups in total. The van der Waals surface area contributed by atoms with Crippen LogP contribution in [-0.2, 0) is 18.3 Å². The number of halogens is 1. The van der Waals surface area contributed by atoms with Crippen molar-refractivity contribution in [2.24, 2.45) is 13.0 Å². The van der Waals surface area contributed by atoms with Gasteiger partial charge in [-0.15, -0.1) is 0 Å². The normalized spacial score (nSPS) is 20.8. The molecule has 2 heterocycles. The van der Waals surface area contributed by atoms with E-state index in [2.05, 4.69) is 10.4 Å². The molecule has 6 heteroatoms. The van der Waals surface area contributed by atoms with Crippen LogP contribution < -0.4 is 10.1 Å². The summed E-state index contributed by atoms with van der Waals surface area (Å²) in [6.45, 7) is 2.49. The second-order valence-electron chi connectivity index (χ2n) is 5.89. The summed E-state index contributed by atoms with van der Waals surface area (Å²) in [5, 5.41) is 8.39. The topological polar surface area (TPSA) is 48.3 Å². The molecule has 0 radical (unpaired) electrons. The number of aromatic nitrogens is 2. The molecule has 3 rings (SSSR count). The van der Waals surface area contributed by atoms with Crippen LogP contribution in [0.15, 0.2) is 30.6 Å². The van der Waals surface area contributed by atoms with E-state index in [1.165, 1.54) is 0 Å². The molecule has 0 aliphatic carbocycles. The lowest BCUT2D eigenvalue weighted by atomic mass is 9.97. The predicted molar refractivity (Wildman–Crippen MR) is 89.7 cm³/mol. The van der Waals surface area contributed by atoms with Gasteiger partial charge in [0.05, 0.1) is 24.4 Å². The molecule has 5 nitrogen and oxygen atoms in total. The van der Waals surface area contributed by atoms with Crippen molar-refractivity contribution < 1.29 is 9.47 Å². The second-order valence-corrected chi connectivity index (χ2v) is 6.29. The van der Waals surface area contributed by atoms with Gasteiger partial charge in [0.15, 0.2) is 0 Å². The fourth-order valence-corrected chi connectivity index (χ4v) is 3.30. The van der Waals surface area contributed by atoms with E-state index in [0.29, 0.717) is 16.7 Å². The number of nitrogens with zero attached hydrogens (tertiary/aromatic N) is 2. The Bertz CT molecular complexity index is 659. The molecule has 124 valence electrons. The van der Waals surface area contributed by atoms with Crippen LogP contribution in [0.5, 0.6) is 5.75 Å². The van der Waals surface area contributed by atoms with Crippen LogP contribution in [-0.4, -0.2) is 30.0 Å². The van der Waals surface area contributed by atoms with Gasteiger partial charge in [0.25, 0.3) is 0 Å². The van der Waals surface area contributed by atoms with E-state index in [0.717, 1.165) is 37.2 Å². The van der Waals surface area contributed by atoms with E-state index in [-0.39, 0.29) is 6.10 Å². The maximum Gasteiger partial charge on any atom is 0.137 e. The zero-order valence-electron chi connectivity index (χ0n) is 13.5. The van der Waals surface area contributed by atoms with E-state index in [1.54, 1.807) is 7.11 Å². The molecule has 2 atom stereocenters. The summed E-state index contributed by atoms with van der Waals surface area (Å²) >= 11 is 6.16. The Kier molecular flexibility index (Phi) is 5.20. The molecule has 0 unspecified atom stereocenters. The van der Waals surface area contributed by atoms with Crippen molar-refractivity contribution in [2.75, 3.05) is 20.3 Å². The van der Waals surface area contributed by atoms with Gasteiger partial charge in [-0.2, -0.15) is 5.10 Å². The quantitative estimate of drug-likeness (QED) is 0.881. The molecule has 1 saturated heterocycles. The zero-order chi connectivity index (χ0) is 16.2. The van der Waals surface area contributed by atoms with Crippen LogP contribution in [0.3, 0.4) is 0 Å². The highest BCUT2D eigenvalue weighted by Crippen LogP contribution is 2.33. The number of rotatable bonds is 6. The van der Waals surface area contributed by atoms with E-state index < -0.39 is 0 Å².